The van der Waals surface area contributed by atoms with Gasteiger partial charge in [-0.3, -0.25) is 14.9 Å². The largest absolute Gasteiger partial charge is 0.503 e. The quantitative estimate of drug-likeness (QED) is 0.0471. The molecule has 0 aliphatic heterocycles. The van der Waals surface area contributed by atoms with E-state index in [4.69, 9.17) is 4.42 Å². The summed E-state index contributed by atoms with van der Waals surface area (Å²) in [5.74, 6) is -4.61. The molecule has 1 aromatic heterocycles. The number of amides is 1. The topological polar surface area (TPSA) is 160 Å². The normalized spacial score (nSPS) is 11.8. The number of benzene rings is 2. The molecule has 1 amide bonds. The minimum Gasteiger partial charge on any atom is -0.503 e. The fourth-order valence-corrected chi connectivity index (χ4v) is 7.17. The standard InChI is InChI=1S/C34H45F2N3O8S/c1-2-3-4-16-21-38(48(45,46)29-19-14-13-18-28(29)39(43)44)22-17-12-10-8-6-5-7-9-11-15-20-37-33(41)26-23-25-24-27(35)31(40)30(36)32(25)47-34(26)42/h13-14,18-19,23-24,40H,2-12,15-17,20-22H2,1H3,(H,37,41). The molecule has 0 saturated carbocycles. The fraction of sp³-hybridized carbons (Fsp3) is 0.529. The van der Waals surface area contributed by atoms with E-state index >= 15 is 0 Å². The Morgan fingerprint density at radius 3 is 2.08 bits per heavy atom. The Hall–Kier alpha value is -3.91. The van der Waals surface area contributed by atoms with Crippen LogP contribution in [0.2, 0.25) is 0 Å². The number of phenolic OH excluding ortho intramolecular Hbond substituents is 1. The van der Waals surface area contributed by atoms with Crippen LogP contribution in [0.25, 0.3) is 11.0 Å². The molecule has 11 nitrogen and oxygen atoms in total. The first kappa shape index (κ1) is 38.5. The summed E-state index contributed by atoms with van der Waals surface area (Å²) < 4.78 is 60.6. The van der Waals surface area contributed by atoms with Gasteiger partial charge in [-0.2, -0.15) is 8.70 Å². The molecule has 0 saturated heterocycles. The van der Waals surface area contributed by atoms with Gasteiger partial charge in [0.05, 0.1) is 4.92 Å². The van der Waals surface area contributed by atoms with Crippen LogP contribution in [0.1, 0.15) is 107 Å². The van der Waals surface area contributed by atoms with E-state index in [0.29, 0.717) is 38.9 Å². The summed E-state index contributed by atoms with van der Waals surface area (Å²) >= 11 is 0. The summed E-state index contributed by atoms with van der Waals surface area (Å²) in [5.41, 5.74) is -2.50. The highest BCUT2D eigenvalue weighted by atomic mass is 32.2. The van der Waals surface area contributed by atoms with Gasteiger partial charge < -0.3 is 14.8 Å². The molecular formula is C34H45F2N3O8S. The molecule has 0 aliphatic rings. The maximum absolute atomic E-state index is 14.0. The van der Waals surface area contributed by atoms with Gasteiger partial charge in [-0.1, -0.05) is 89.7 Å². The number of para-hydroxylation sites is 1. The second kappa shape index (κ2) is 19.2. The van der Waals surface area contributed by atoms with Gasteiger partial charge in [-0.15, -0.1) is 0 Å². The summed E-state index contributed by atoms with van der Waals surface area (Å²) in [6.07, 6.45) is 12.8. The predicted molar refractivity (Wildman–Crippen MR) is 179 cm³/mol. The van der Waals surface area contributed by atoms with E-state index in [2.05, 4.69) is 12.2 Å². The Labute approximate surface area is 279 Å². The lowest BCUT2D eigenvalue weighted by molar-refractivity contribution is -0.387. The number of fused-ring (bicyclic) bond motifs is 1. The number of carbonyl (C=O) groups is 1. The maximum Gasteiger partial charge on any atom is 0.349 e. The zero-order valence-corrected chi connectivity index (χ0v) is 28.2. The number of unbranched alkanes of at least 4 members (excludes halogenated alkanes) is 12. The monoisotopic (exact) mass is 693 g/mol. The van der Waals surface area contributed by atoms with Crippen LogP contribution in [-0.4, -0.2) is 48.3 Å². The highest BCUT2D eigenvalue weighted by molar-refractivity contribution is 7.89. The molecular weight excluding hydrogens is 648 g/mol. The minimum absolute atomic E-state index is 0.156. The lowest BCUT2D eigenvalue weighted by atomic mass is 10.1. The van der Waals surface area contributed by atoms with E-state index in [1.54, 1.807) is 0 Å². The van der Waals surface area contributed by atoms with E-state index < -0.39 is 55.1 Å². The number of sulfonamides is 1. The highest BCUT2D eigenvalue weighted by Crippen LogP contribution is 2.29. The van der Waals surface area contributed by atoms with Crippen molar-refractivity contribution in [2.75, 3.05) is 19.6 Å². The van der Waals surface area contributed by atoms with Crippen molar-refractivity contribution in [3.05, 3.63) is 74.1 Å². The van der Waals surface area contributed by atoms with Gasteiger partial charge in [-0.05, 0) is 37.5 Å². The van der Waals surface area contributed by atoms with Gasteiger partial charge >= 0.3 is 5.63 Å². The molecule has 0 atom stereocenters. The first-order valence-corrected chi connectivity index (χ1v) is 18.1. The van der Waals surface area contributed by atoms with Gasteiger partial charge in [0, 0.05) is 31.1 Å². The van der Waals surface area contributed by atoms with Crippen molar-refractivity contribution in [3.63, 3.8) is 0 Å². The summed E-state index contributed by atoms with van der Waals surface area (Å²) in [5, 5.41) is 23.3. The van der Waals surface area contributed by atoms with Gasteiger partial charge in [0.25, 0.3) is 11.6 Å². The summed E-state index contributed by atoms with van der Waals surface area (Å²) in [6.45, 7) is 3.06. The highest BCUT2D eigenvalue weighted by Gasteiger charge is 2.30. The maximum atomic E-state index is 14.0. The Morgan fingerprint density at radius 1 is 0.917 bits per heavy atom. The first-order valence-electron chi connectivity index (χ1n) is 16.7. The second-order valence-corrected chi connectivity index (χ2v) is 13.8. The third kappa shape index (κ3) is 10.8. The van der Waals surface area contributed by atoms with Crippen LogP contribution in [0.5, 0.6) is 5.75 Å². The van der Waals surface area contributed by atoms with E-state index in [1.165, 1.54) is 28.6 Å². The molecule has 48 heavy (non-hydrogen) atoms. The van der Waals surface area contributed by atoms with Crippen molar-refractivity contribution in [2.24, 2.45) is 0 Å². The number of phenols is 1. The van der Waals surface area contributed by atoms with Crippen LogP contribution in [0.15, 0.2) is 50.5 Å². The average molecular weight is 694 g/mol. The van der Waals surface area contributed by atoms with Gasteiger partial charge in [0.15, 0.2) is 22.0 Å². The van der Waals surface area contributed by atoms with Crippen molar-refractivity contribution in [1.82, 2.24) is 9.62 Å². The molecule has 0 spiro atoms. The predicted octanol–water partition coefficient (Wildman–Crippen LogP) is 7.59. The molecule has 14 heteroatoms. The number of hydrogen-bond donors (Lipinski definition) is 2. The number of nitrogens with zero attached hydrogens (tertiary/aromatic N) is 2. The molecule has 2 aromatic carbocycles. The van der Waals surface area contributed by atoms with Crippen LogP contribution >= 0.6 is 0 Å². The molecule has 0 radical (unpaired) electrons. The van der Waals surface area contributed by atoms with Crippen molar-refractivity contribution in [1.29, 1.82) is 0 Å². The summed E-state index contributed by atoms with van der Waals surface area (Å²) in [4.78, 5) is 35.1. The molecule has 3 rings (SSSR count). The Kier molecular flexibility index (Phi) is 15.4. The summed E-state index contributed by atoms with van der Waals surface area (Å²) in [6, 6.07) is 7.31. The van der Waals surface area contributed by atoms with Gasteiger partial charge in [0.1, 0.15) is 5.56 Å². The number of aromatic hydroxyl groups is 1. The van der Waals surface area contributed by atoms with Crippen LogP contribution < -0.4 is 10.9 Å². The minimum atomic E-state index is -3.99. The van der Waals surface area contributed by atoms with Crippen molar-refractivity contribution in [3.8, 4) is 5.75 Å². The van der Waals surface area contributed by atoms with Crippen LogP contribution in [0, 0.1) is 21.7 Å². The average Bonchev–Trinajstić information content (AvgIpc) is 3.06. The van der Waals surface area contributed by atoms with Crippen molar-refractivity contribution in [2.45, 2.75) is 102 Å². The number of hydrogen-bond acceptors (Lipinski definition) is 8. The molecule has 0 unspecified atom stereocenters. The lowest BCUT2D eigenvalue weighted by Crippen LogP contribution is -2.33. The van der Waals surface area contributed by atoms with Crippen LogP contribution in [0.3, 0.4) is 0 Å². The van der Waals surface area contributed by atoms with Gasteiger partial charge in [-0.25, -0.2) is 17.6 Å². The number of nitro groups is 1. The molecule has 2 N–H and O–H groups in total. The Bertz CT molecular complexity index is 1700. The zero-order chi connectivity index (χ0) is 35.1. The van der Waals surface area contributed by atoms with E-state index in [9.17, 15) is 42.0 Å². The number of halogens is 2. The Balaban J connectivity index is 1.31. The summed E-state index contributed by atoms with van der Waals surface area (Å²) in [7, 11) is -3.99. The van der Waals surface area contributed by atoms with Crippen LogP contribution in [0.4, 0.5) is 14.5 Å². The number of carbonyl (C=O) groups excluding carboxylic acids is 1. The molecule has 1 heterocycles. The SMILES string of the molecule is CCCCCCN(CCCCCCCCCCCCNC(=O)c1cc2cc(F)c(O)c(F)c2oc1=O)S(=O)(=O)c1ccccc1[N+](=O)[O-]. The third-order valence-electron chi connectivity index (χ3n) is 8.20. The van der Waals surface area contributed by atoms with Crippen molar-refractivity contribution >= 4 is 32.6 Å². The lowest BCUT2D eigenvalue weighted by Gasteiger charge is -2.22. The van der Waals surface area contributed by atoms with Crippen molar-refractivity contribution < 1.29 is 36.4 Å². The van der Waals surface area contributed by atoms with Crippen LogP contribution in [-0.2, 0) is 10.0 Å². The smallest absolute Gasteiger partial charge is 0.349 e. The molecule has 264 valence electrons. The molecule has 0 aliphatic carbocycles. The fourth-order valence-electron chi connectivity index (χ4n) is 5.50. The zero-order valence-electron chi connectivity index (χ0n) is 27.3. The Morgan fingerprint density at radius 2 is 1.48 bits per heavy atom. The molecule has 0 bridgehead atoms. The van der Waals surface area contributed by atoms with E-state index in [0.717, 1.165) is 82.8 Å². The molecule has 3 aromatic rings. The first-order chi connectivity index (χ1) is 23.0. The van der Waals surface area contributed by atoms with Gasteiger partial charge in [0.2, 0.25) is 15.8 Å². The number of nitrogens with one attached hydrogen (secondary N) is 1. The van der Waals surface area contributed by atoms with E-state index in [-0.39, 0.29) is 15.8 Å². The number of nitro benzene ring substituents is 1. The third-order valence-corrected chi connectivity index (χ3v) is 10.1. The second-order valence-electron chi connectivity index (χ2n) is 11.9. The van der Waals surface area contributed by atoms with E-state index in [1.807, 2.05) is 0 Å². The number of rotatable bonds is 22. The molecule has 0 fully saturated rings.